The lowest BCUT2D eigenvalue weighted by atomic mass is 10.1. The fourth-order valence-electron chi connectivity index (χ4n) is 2.17. The number of ether oxygens (including phenoxy) is 1. The zero-order valence-electron chi connectivity index (χ0n) is 12.0. The Bertz CT molecular complexity index is 538. The minimum absolute atomic E-state index is 0.466. The Hall–Kier alpha value is -1.74. The normalized spacial score (nSPS) is 10.7. The van der Waals surface area contributed by atoms with Crippen molar-refractivity contribution in [2.45, 2.75) is 33.9 Å². The number of hydrogen-bond donors (Lipinski definition) is 1. The largest absolute Gasteiger partial charge is 0.486 e. The molecule has 0 atom stereocenters. The predicted molar refractivity (Wildman–Crippen MR) is 76.5 cm³/mol. The van der Waals surface area contributed by atoms with Gasteiger partial charge in [0, 0.05) is 0 Å². The van der Waals surface area contributed by atoms with Gasteiger partial charge in [-0.2, -0.15) is 0 Å². The Morgan fingerprint density at radius 1 is 1.05 bits per heavy atom. The maximum Gasteiger partial charge on any atom is 0.146 e. The van der Waals surface area contributed by atoms with E-state index in [9.17, 15) is 0 Å². The third kappa shape index (κ3) is 3.61. The second-order valence-electron chi connectivity index (χ2n) is 4.96. The molecule has 0 radical (unpaired) electrons. The molecule has 0 spiro atoms. The van der Waals surface area contributed by atoms with Crippen molar-refractivity contribution in [3.05, 3.63) is 52.5 Å². The topological polar surface area (TPSA) is 34.4 Å². The van der Waals surface area contributed by atoms with Gasteiger partial charge in [-0.25, -0.2) is 0 Å². The minimum Gasteiger partial charge on any atom is -0.486 e. The summed E-state index contributed by atoms with van der Waals surface area (Å²) in [5.41, 5.74) is 3.58. The van der Waals surface area contributed by atoms with Gasteiger partial charge in [0.2, 0.25) is 0 Å². The van der Waals surface area contributed by atoms with Crippen molar-refractivity contribution < 1.29 is 9.15 Å². The fraction of sp³-hybridized carbons (Fsp3) is 0.375. The average Bonchev–Trinajstić information content (AvgIpc) is 2.67. The molecule has 19 heavy (non-hydrogen) atoms. The van der Waals surface area contributed by atoms with Gasteiger partial charge in [-0.3, -0.25) is 0 Å². The molecule has 0 aliphatic rings. The summed E-state index contributed by atoms with van der Waals surface area (Å²) in [5, 5.41) is 3.09. The molecule has 1 heterocycles. The highest BCUT2D eigenvalue weighted by Crippen LogP contribution is 2.20. The Labute approximate surface area is 114 Å². The number of rotatable bonds is 5. The van der Waals surface area contributed by atoms with E-state index in [4.69, 9.17) is 9.15 Å². The van der Waals surface area contributed by atoms with Crippen LogP contribution in [0.25, 0.3) is 0 Å². The number of furan rings is 1. The standard InChI is InChI=1S/C16H21NO2/c1-11-5-12(2)7-14(6-11)18-10-15-8-13(3)16(19-15)9-17-4/h5-8,17H,9-10H2,1-4H3. The molecule has 2 aromatic rings. The van der Waals surface area contributed by atoms with E-state index in [1.54, 1.807) is 0 Å². The van der Waals surface area contributed by atoms with Crippen LogP contribution >= 0.6 is 0 Å². The molecule has 3 heteroatoms. The first kappa shape index (κ1) is 13.7. The number of aryl methyl sites for hydroxylation is 3. The lowest BCUT2D eigenvalue weighted by molar-refractivity contribution is 0.265. The first-order chi connectivity index (χ1) is 9.08. The first-order valence-electron chi connectivity index (χ1n) is 6.52. The third-order valence-corrected chi connectivity index (χ3v) is 2.99. The highest BCUT2D eigenvalue weighted by Gasteiger charge is 2.07. The first-order valence-corrected chi connectivity index (χ1v) is 6.52. The molecule has 3 nitrogen and oxygen atoms in total. The summed E-state index contributed by atoms with van der Waals surface area (Å²) in [6.45, 7) is 7.41. The molecule has 0 aliphatic heterocycles. The summed E-state index contributed by atoms with van der Waals surface area (Å²) in [6.07, 6.45) is 0. The van der Waals surface area contributed by atoms with Crippen molar-refractivity contribution in [2.24, 2.45) is 0 Å². The van der Waals surface area contributed by atoms with E-state index in [0.29, 0.717) is 6.61 Å². The second kappa shape index (κ2) is 5.93. The van der Waals surface area contributed by atoms with Gasteiger partial charge in [0.05, 0.1) is 6.54 Å². The van der Waals surface area contributed by atoms with Crippen molar-refractivity contribution in [1.29, 1.82) is 0 Å². The maximum atomic E-state index is 5.79. The van der Waals surface area contributed by atoms with Crippen LogP contribution in [0.1, 0.15) is 28.2 Å². The molecule has 1 aromatic heterocycles. The molecule has 0 amide bonds. The zero-order chi connectivity index (χ0) is 13.8. The molecule has 0 bridgehead atoms. The lowest BCUT2D eigenvalue weighted by Gasteiger charge is -2.06. The van der Waals surface area contributed by atoms with Crippen LogP contribution in [0, 0.1) is 20.8 Å². The van der Waals surface area contributed by atoms with Crippen LogP contribution in [-0.4, -0.2) is 7.05 Å². The zero-order valence-corrected chi connectivity index (χ0v) is 12.0. The highest BCUT2D eigenvalue weighted by molar-refractivity contribution is 5.33. The Morgan fingerprint density at radius 3 is 2.37 bits per heavy atom. The van der Waals surface area contributed by atoms with E-state index in [1.165, 1.54) is 11.1 Å². The van der Waals surface area contributed by atoms with Crippen LogP contribution in [0.2, 0.25) is 0 Å². The SMILES string of the molecule is CNCc1oc(COc2cc(C)cc(C)c2)cc1C. The fourth-order valence-corrected chi connectivity index (χ4v) is 2.17. The summed E-state index contributed by atoms with van der Waals surface area (Å²) in [5.74, 6) is 2.73. The van der Waals surface area contributed by atoms with E-state index in [1.807, 2.05) is 25.2 Å². The number of hydrogen-bond acceptors (Lipinski definition) is 3. The number of nitrogens with one attached hydrogen (secondary N) is 1. The van der Waals surface area contributed by atoms with E-state index < -0.39 is 0 Å². The van der Waals surface area contributed by atoms with Crippen LogP contribution < -0.4 is 10.1 Å². The van der Waals surface area contributed by atoms with Gasteiger partial charge in [-0.05, 0) is 62.7 Å². The van der Waals surface area contributed by atoms with Crippen LogP contribution in [0.4, 0.5) is 0 Å². The van der Waals surface area contributed by atoms with Gasteiger partial charge < -0.3 is 14.5 Å². The summed E-state index contributed by atoms with van der Waals surface area (Å²) in [7, 11) is 1.91. The molecule has 0 saturated heterocycles. The van der Waals surface area contributed by atoms with Crippen molar-refractivity contribution >= 4 is 0 Å². The van der Waals surface area contributed by atoms with E-state index in [0.717, 1.165) is 29.4 Å². The molecular weight excluding hydrogens is 238 g/mol. The highest BCUT2D eigenvalue weighted by atomic mass is 16.5. The van der Waals surface area contributed by atoms with Crippen molar-refractivity contribution in [3.8, 4) is 5.75 Å². The molecule has 1 N–H and O–H groups in total. The van der Waals surface area contributed by atoms with Crippen molar-refractivity contribution in [3.63, 3.8) is 0 Å². The van der Waals surface area contributed by atoms with Crippen LogP contribution in [0.15, 0.2) is 28.7 Å². The Morgan fingerprint density at radius 2 is 1.74 bits per heavy atom. The summed E-state index contributed by atoms with van der Waals surface area (Å²) in [6, 6.07) is 8.25. The summed E-state index contributed by atoms with van der Waals surface area (Å²) in [4.78, 5) is 0. The van der Waals surface area contributed by atoms with Crippen molar-refractivity contribution in [1.82, 2.24) is 5.32 Å². The molecule has 2 rings (SSSR count). The van der Waals surface area contributed by atoms with Gasteiger partial charge in [0.1, 0.15) is 23.9 Å². The monoisotopic (exact) mass is 259 g/mol. The van der Waals surface area contributed by atoms with Crippen molar-refractivity contribution in [2.75, 3.05) is 7.05 Å². The second-order valence-corrected chi connectivity index (χ2v) is 4.96. The van der Waals surface area contributed by atoms with E-state index in [-0.39, 0.29) is 0 Å². The molecule has 102 valence electrons. The van der Waals surface area contributed by atoms with Crippen LogP contribution in [0.5, 0.6) is 5.75 Å². The Balaban J connectivity index is 2.03. The minimum atomic E-state index is 0.466. The quantitative estimate of drug-likeness (QED) is 0.892. The number of benzene rings is 1. The van der Waals surface area contributed by atoms with E-state index >= 15 is 0 Å². The van der Waals surface area contributed by atoms with Gasteiger partial charge in [-0.15, -0.1) is 0 Å². The van der Waals surface area contributed by atoms with Gasteiger partial charge >= 0.3 is 0 Å². The third-order valence-electron chi connectivity index (χ3n) is 2.99. The molecule has 0 aliphatic carbocycles. The van der Waals surface area contributed by atoms with Gasteiger partial charge in [-0.1, -0.05) is 6.07 Å². The van der Waals surface area contributed by atoms with Crippen LogP contribution in [-0.2, 0) is 13.2 Å². The molecule has 1 aromatic carbocycles. The molecule has 0 fully saturated rings. The maximum absolute atomic E-state index is 5.79. The van der Waals surface area contributed by atoms with Gasteiger partial charge in [0.25, 0.3) is 0 Å². The predicted octanol–water partition coefficient (Wildman–Crippen LogP) is 3.50. The van der Waals surface area contributed by atoms with E-state index in [2.05, 4.69) is 32.2 Å². The molecular formula is C16H21NO2. The summed E-state index contributed by atoms with van der Waals surface area (Å²) >= 11 is 0. The molecule has 0 unspecified atom stereocenters. The average molecular weight is 259 g/mol. The molecule has 0 saturated carbocycles. The summed E-state index contributed by atoms with van der Waals surface area (Å²) < 4.78 is 11.5. The van der Waals surface area contributed by atoms with Gasteiger partial charge in [0.15, 0.2) is 0 Å². The lowest BCUT2D eigenvalue weighted by Crippen LogP contribution is -2.04. The van der Waals surface area contributed by atoms with Crippen LogP contribution in [0.3, 0.4) is 0 Å². The Kier molecular flexibility index (Phi) is 4.27. The smallest absolute Gasteiger partial charge is 0.146 e.